The lowest BCUT2D eigenvalue weighted by Crippen LogP contribution is -2.41. The van der Waals surface area contributed by atoms with Crippen molar-refractivity contribution >= 4 is 23.4 Å². The largest absolute Gasteiger partial charge is 0.341 e. The zero-order valence-corrected chi connectivity index (χ0v) is 14.3. The van der Waals surface area contributed by atoms with Gasteiger partial charge in [-0.05, 0) is 43.0 Å². The molecule has 0 atom stereocenters. The second-order valence-corrected chi connectivity index (χ2v) is 7.20. The van der Waals surface area contributed by atoms with Gasteiger partial charge in [-0.25, -0.2) is 0 Å². The Morgan fingerprint density at radius 2 is 1.76 bits per heavy atom. The summed E-state index contributed by atoms with van der Waals surface area (Å²) in [6, 6.07) is 5.39. The van der Waals surface area contributed by atoms with Crippen LogP contribution >= 0.6 is 0 Å². The third-order valence-corrected chi connectivity index (χ3v) is 5.53. The normalized spacial score (nSPS) is 20.6. The van der Waals surface area contributed by atoms with E-state index in [0.29, 0.717) is 31.6 Å². The third kappa shape index (κ3) is 3.13. The minimum atomic E-state index is -0.0282. The maximum atomic E-state index is 12.8. The van der Waals surface area contributed by atoms with Crippen molar-refractivity contribution in [1.29, 1.82) is 0 Å². The molecule has 1 aromatic carbocycles. The number of benzene rings is 1. The predicted octanol–water partition coefficient (Wildman–Crippen LogP) is 1.66. The van der Waals surface area contributed by atoms with Crippen LogP contribution in [0.15, 0.2) is 18.2 Å². The highest BCUT2D eigenvalue weighted by Gasteiger charge is 2.31. The highest BCUT2D eigenvalue weighted by atomic mass is 16.2. The summed E-state index contributed by atoms with van der Waals surface area (Å²) in [7, 11) is 0. The number of rotatable bonds is 2. The summed E-state index contributed by atoms with van der Waals surface area (Å²) in [5, 5.41) is 2.78. The molecule has 3 aliphatic rings. The van der Waals surface area contributed by atoms with Crippen molar-refractivity contribution in [3.05, 3.63) is 29.3 Å². The van der Waals surface area contributed by atoms with Gasteiger partial charge in [0, 0.05) is 43.3 Å². The molecule has 4 rings (SSSR count). The number of carbonyl (C=O) groups is 3. The van der Waals surface area contributed by atoms with Gasteiger partial charge in [-0.2, -0.15) is 0 Å². The zero-order valence-electron chi connectivity index (χ0n) is 14.3. The molecule has 1 N–H and O–H groups in total. The standard InChI is InChI=1S/C19H23N3O3/c23-17-12-15-11-14(5-6-16(15)20-17)19(25)22-8-2-7-21(9-10-22)18(24)13-3-1-4-13/h5-6,11,13H,1-4,7-10,12H2,(H,20,23). The summed E-state index contributed by atoms with van der Waals surface area (Å²) >= 11 is 0. The molecule has 2 heterocycles. The van der Waals surface area contributed by atoms with Crippen LogP contribution < -0.4 is 5.32 Å². The number of fused-ring (bicyclic) bond motifs is 1. The Hall–Kier alpha value is -2.37. The fourth-order valence-corrected chi connectivity index (χ4v) is 3.80. The van der Waals surface area contributed by atoms with E-state index in [9.17, 15) is 14.4 Å². The van der Waals surface area contributed by atoms with E-state index < -0.39 is 0 Å². The van der Waals surface area contributed by atoms with E-state index in [-0.39, 0.29) is 23.6 Å². The first kappa shape index (κ1) is 16.1. The van der Waals surface area contributed by atoms with Gasteiger partial charge < -0.3 is 15.1 Å². The van der Waals surface area contributed by atoms with E-state index in [1.54, 1.807) is 12.1 Å². The molecule has 6 nitrogen and oxygen atoms in total. The molecule has 25 heavy (non-hydrogen) atoms. The van der Waals surface area contributed by atoms with Crippen molar-refractivity contribution in [2.75, 3.05) is 31.5 Å². The predicted molar refractivity (Wildman–Crippen MR) is 93.2 cm³/mol. The lowest BCUT2D eigenvalue weighted by molar-refractivity contribution is -0.138. The van der Waals surface area contributed by atoms with Crippen molar-refractivity contribution in [1.82, 2.24) is 9.80 Å². The summed E-state index contributed by atoms with van der Waals surface area (Å²) in [6.45, 7) is 2.60. The number of nitrogens with one attached hydrogen (secondary N) is 1. The van der Waals surface area contributed by atoms with E-state index in [4.69, 9.17) is 0 Å². The van der Waals surface area contributed by atoms with Crippen LogP contribution in [0.5, 0.6) is 0 Å². The highest BCUT2D eigenvalue weighted by Crippen LogP contribution is 2.29. The molecule has 6 heteroatoms. The number of hydrogen-bond acceptors (Lipinski definition) is 3. The van der Waals surface area contributed by atoms with Crippen LogP contribution in [0.25, 0.3) is 0 Å². The molecule has 1 aromatic rings. The average Bonchev–Trinajstić information content (AvgIpc) is 2.76. The third-order valence-electron chi connectivity index (χ3n) is 5.53. The Bertz CT molecular complexity index is 727. The molecule has 0 aromatic heterocycles. The molecule has 2 fully saturated rings. The maximum absolute atomic E-state index is 12.8. The second-order valence-electron chi connectivity index (χ2n) is 7.20. The fourth-order valence-electron chi connectivity index (χ4n) is 3.80. The maximum Gasteiger partial charge on any atom is 0.253 e. The van der Waals surface area contributed by atoms with Crippen molar-refractivity contribution in [3.8, 4) is 0 Å². The Kier molecular flexibility index (Phi) is 4.19. The summed E-state index contributed by atoms with van der Waals surface area (Å²) in [4.78, 5) is 40.5. The molecule has 0 bridgehead atoms. The SMILES string of the molecule is O=C1Cc2cc(C(=O)N3CCCN(C(=O)C4CCC4)CC3)ccc2N1. The van der Waals surface area contributed by atoms with Crippen LogP contribution in [0.4, 0.5) is 5.69 Å². The van der Waals surface area contributed by atoms with Crippen LogP contribution in [0.1, 0.15) is 41.6 Å². The topological polar surface area (TPSA) is 69.7 Å². The first-order valence-electron chi connectivity index (χ1n) is 9.12. The van der Waals surface area contributed by atoms with Gasteiger partial charge in [0.25, 0.3) is 5.91 Å². The first-order valence-corrected chi connectivity index (χ1v) is 9.12. The molecular weight excluding hydrogens is 318 g/mol. The molecule has 0 spiro atoms. The summed E-state index contributed by atoms with van der Waals surface area (Å²) in [5.74, 6) is 0.436. The van der Waals surface area contributed by atoms with Gasteiger partial charge in [0.05, 0.1) is 6.42 Å². The smallest absolute Gasteiger partial charge is 0.253 e. The average molecular weight is 341 g/mol. The quantitative estimate of drug-likeness (QED) is 0.889. The van der Waals surface area contributed by atoms with Gasteiger partial charge in [0.15, 0.2) is 0 Å². The highest BCUT2D eigenvalue weighted by molar-refractivity contribution is 6.01. The van der Waals surface area contributed by atoms with Crippen LogP contribution in [0.3, 0.4) is 0 Å². The van der Waals surface area contributed by atoms with E-state index in [1.165, 1.54) is 0 Å². The minimum absolute atomic E-state index is 0.0138. The van der Waals surface area contributed by atoms with Crippen LogP contribution in [0, 0.1) is 5.92 Å². The molecule has 0 radical (unpaired) electrons. The lowest BCUT2D eigenvalue weighted by Gasteiger charge is -2.31. The molecule has 3 amide bonds. The number of anilines is 1. The Morgan fingerprint density at radius 1 is 1.00 bits per heavy atom. The van der Waals surface area contributed by atoms with Gasteiger partial charge in [0.1, 0.15) is 0 Å². The Balaban J connectivity index is 1.42. The zero-order chi connectivity index (χ0) is 17.4. The van der Waals surface area contributed by atoms with E-state index in [1.807, 2.05) is 15.9 Å². The van der Waals surface area contributed by atoms with Gasteiger partial charge >= 0.3 is 0 Å². The van der Waals surface area contributed by atoms with E-state index in [2.05, 4.69) is 5.32 Å². The van der Waals surface area contributed by atoms with Crippen molar-refractivity contribution < 1.29 is 14.4 Å². The summed E-state index contributed by atoms with van der Waals surface area (Å²) < 4.78 is 0. The lowest BCUT2D eigenvalue weighted by atomic mass is 9.84. The van der Waals surface area contributed by atoms with Crippen LogP contribution in [-0.4, -0.2) is 53.7 Å². The van der Waals surface area contributed by atoms with Crippen molar-refractivity contribution in [2.24, 2.45) is 5.92 Å². The molecule has 1 saturated heterocycles. The fraction of sp³-hybridized carbons (Fsp3) is 0.526. The summed E-state index contributed by atoms with van der Waals surface area (Å²) in [5.41, 5.74) is 2.30. The number of carbonyl (C=O) groups excluding carboxylic acids is 3. The number of amides is 3. The number of nitrogens with zero attached hydrogens (tertiary/aromatic N) is 2. The van der Waals surface area contributed by atoms with Crippen molar-refractivity contribution in [3.63, 3.8) is 0 Å². The molecule has 132 valence electrons. The monoisotopic (exact) mass is 341 g/mol. The van der Waals surface area contributed by atoms with Gasteiger partial charge in [-0.1, -0.05) is 6.42 Å². The summed E-state index contributed by atoms with van der Waals surface area (Å²) in [6.07, 6.45) is 4.33. The van der Waals surface area contributed by atoms with Crippen molar-refractivity contribution in [2.45, 2.75) is 32.1 Å². The van der Waals surface area contributed by atoms with Crippen LogP contribution in [0.2, 0.25) is 0 Å². The molecule has 0 unspecified atom stereocenters. The molecule has 1 saturated carbocycles. The van der Waals surface area contributed by atoms with Crippen LogP contribution in [-0.2, 0) is 16.0 Å². The van der Waals surface area contributed by atoms with E-state index in [0.717, 1.165) is 43.5 Å². The number of hydrogen-bond donors (Lipinski definition) is 1. The second kappa shape index (κ2) is 6.50. The van der Waals surface area contributed by atoms with Gasteiger partial charge in [-0.15, -0.1) is 0 Å². The minimum Gasteiger partial charge on any atom is -0.341 e. The first-order chi connectivity index (χ1) is 12.1. The van der Waals surface area contributed by atoms with Gasteiger partial charge in [0.2, 0.25) is 11.8 Å². The molecular formula is C19H23N3O3. The molecule has 1 aliphatic carbocycles. The van der Waals surface area contributed by atoms with E-state index >= 15 is 0 Å². The Labute approximate surface area is 147 Å². The molecule has 2 aliphatic heterocycles. The Morgan fingerprint density at radius 3 is 2.52 bits per heavy atom. The van der Waals surface area contributed by atoms with Gasteiger partial charge in [-0.3, -0.25) is 14.4 Å².